The zero-order chi connectivity index (χ0) is 21.8. The Morgan fingerprint density at radius 2 is 1.06 bits per heavy atom. The van der Waals surface area contributed by atoms with E-state index in [0.29, 0.717) is 0 Å². The normalized spacial score (nSPS) is 15.4. The van der Waals surface area contributed by atoms with Crippen molar-refractivity contribution in [2.45, 2.75) is 25.7 Å². The number of aryl methyl sites for hydroxylation is 2. The molecule has 3 aromatic rings. The molecular formula is C30H30N2. The van der Waals surface area contributed by atoms with Crippen molar-refractivity contribution in [1.82, 2.24) is 10.6 Å². The lowest BCUT2D eigenvalue weighted by Gasteiger charge is -2.18. The van der Waals surface area contributed by atoms with Crippen LogP contribution in [-0.4, -0.2) is 0 Å². The molecule has 0 fully saturated rings. The van der Waals surface area contributed by atoms with Crippen molar-refractivity contribution in [3.8, 4) is 0 Å². The molecule has 2 heteroatoms. The molecule has 0 spiro atoms. The van der Waals surface area contributed by atoms with Crippen molar-refractivity contribution in [2.24, 2.45) is 0 Å². The summed E-state index contributed by atoms with van der Waals surface area (Å²) in [6.07, 6.45) is 28.4. The summed E-state index contributed by atoms with van der Waals surface area (Å²) in [5.74, 6) is 0. The monoisotopic (exact) mass is 418 g/mol. The summed E-state index contributed by atoms with van der Waals surface area (Å²) >= 11 is 0. The Bertz CT molecular complexity index is 1160. The predicted octanol–water partition coefficient (Wildman–Crippen LogP) is 7.22. The smallest absolute Gasteiger partial charge is 0.000442 e. The van der Waals surface area contributed by atoms with Gasteiger partial charge in [-0.1, -0.05) is 72.8 Å². The Morgan fingerprint density at radius 3 is 1.75 bits per heavy atom. The number of fused-ring (bicyclic) bond motifs is 5. The van der Waals surface area contributed by atoms with Crippen LogP contribution in [0.4, 0.5) is 0 Å². The van der Waals surface area contributed by atoms with Crippen molar-refractivity contribution in [3.63, 3.8) is 0 Å². The van der Waals surface area contributed by atoms with Crippen molar-refractivity contribution in [2.75, 3.05) is 0 Å². The van der Waals surface area contributed by atoms with Crippen LogP contribution in [-0.2, 0) is 12.8 Å². The number of hydrogen-bond acceptors (Lipinski definition) is 2. The van der Waals surface area contributed by atoms with Gasteiger partial charge in [-0.3, -0.25) is 0 Å². The second-order valence-electron chi connectivity index (χ2n) is 7.83. The molecule has 3 aliphatic rings. The van der Waals surface area contributed by atoms with Crippen LogP contribution in [0.1, 0.15) is 24.0 Å². The molecule has 2 aliphatic heterocycles. The fraction of sp³-hybridized carbons (Fsp3) is 0.133. The minimum atomic E-state index is 1.25. The zero-order valence-corrected chi connectivity index (χ0v) is 18.4. The van der Waals surface area contributed by atoms with Gasteiger partial charge in [0.15, 0.2) is 0 Å². The van der Waals surface area contributed by atoms with Gasteiger partial charge in [0.05, 0.1) is 0 Å². The fourth-order valence-electron chi connectivity index (χ4n) is 4.15. The van der Waals surface area contributed by atoms with Crippen LogP contribution < -0.4 is 10.6 Å². The third-order valence-corrected chi connectivity index (χ3v) is 5.69. The molecule has 0 aromatic heterocycles. The summed E-state index contributed by atoms with van der Waals surface area (Å²) in [7, 11) is 0. The van der Waals surface area contributed by atoms with Gasteiger partial charge in [0, 0.05) is 24.8 Å². The third kappa shape index (κ3) is 5.67. The highest BCUT2D eigenvalue weighted by Gasteiger charge is 2.13. The molecule has 0 amide bonds. The Hall–Kier alpha value is -3.78. The second-order valence-corrected chi connectivity index (χ2v) is 7.83. The van der Waals surface area contributed by atoms with E-state index in [-0.39, 0.29) is 0 Å². The summed E-state index contributed by atoms with van der Waals surface area (Å²) < 4.78 is 0. The summed E-state index contributed by atoms with van der Waals surface area (Å²) in [4.78, 5) is 0. The maximum atomic E-state index is 2.92. The van der Waals surface area contributed by atoms with Crippen LogP contribution in [0.2, 0.25) is 0 Å². The van der Waals surface area contributed by atoms with Crippen molar-refractivity contribution >= 4 is 21.5 Å². The molecule has 2 N–H and O–H groups in total. The van der Waals surface area contributed by atoms with E-state index in [9.17, 15) is 0 Å². The van der Waals surface area contributed by atoms with Gasteiger partial charge in [0.1, 0.15) is 0 Å². The molecule has 0 unspecified atom stereocenters. The number of benzene rings is 3. The van der Waals surface area contributed by atoms with Crippen LogP contribution >= 0.6 is 0 Å². The molecule has 0 radical (unpaired) electrons. The highest BCUT2D eigenvalue weighted by atomic mass is 14.8. The molecule has 2 nitrogen and oxygen atoms in total. The van der Waals surface area contributed by atoms with E-state index in [1.165, 1.54) is 47.2 Å². The van der Waals surface area contributed by atoms with Crippen LogP contribution in [0.25, 0.3) is 21.5 Å². The Labute approximate surface area is 191 Å². The Balaban J connectivity index is 0.000000144. The molecular weight excluding hydrogens is 388 g/mol. The van der Waals surface area contributed by atoms with Crippen LogP contribution in [0, 0.1) is 0 Å². The largest absolute Gasteiger partial charge is 0.368 e. The lowest BCUT2D eigenvalue weighted by Crippen LogP contribution is -2.02. The molecule has 160 valence electrons. The summed E-state index contributed by atoms with van der Waals surface area (Å²) in [6, 6.07) is 18.0. The van der Waals surface area contributed by atoms with Gasteiger partial charge in [-0.05, 0) is 82.7 Å². The quantitative estimate of drug-likeness (QED) is 0.377. The summed E-state index contributed by atoms with van der Waals surface area (Å²) in [5, 5.41) is 11.5. The Morgan fingerprint density at radius 1 is 0.469 bits per heavy atom. The van der Waals surface area contributed by atoms with Gasteiger partial charge in [0.25, 0.3) is 0 Å². The van der Waals surface area contributed by atoms with E-state index >= 15 is 0 Å². The van der Waals surface area contributed by atoms with Gasteiger partial charge in [-0.15, -0.1) is 0 Å². The first-order valence-electron chi connectivity index (χ1n) is 11.3. The van der Waals surface area contributed by atoms with Crippen LogP contribution in [0.3, 0.4) is 0 Å². The molecule has 0 bridgehead atoms. The molecule has 3 aromatic carbocycles. The topological polar surface area (TPSA) is 24.1 Å². The molecule has 2 heterocycles. The van der Waals surface area contributed by atoms with Gasteiger partial charge in [-0.2, -0.15) is 0 Å². The highest BCUT2D eigenvalue weighted by molar-refractivity contribution is 6.08. The first kappa shape index (κ1) is 21.5. The average Bonchev–Trinajstić information content (AvgIpc) is 3.35. The molecule has 0 saturated heterocycles. The highest BCUT2D eigenvalue weighted by Crippen LogP contribution is 2.33. The first-order valence-corrected chi connectivity index (χ1v) is 11.3. The van der Waals surface area contributed by atoms with Gasteiger partial charge >= 0.3 is 0 Å². The molecule has 6 rings (SSSR count). The number of rotatable bonds is 0. The summed E-state index contributed by atoms with van der Waals surface area (Å²) in [6.45, 7) is 0. The lowest BCUT2D eigenvalue weighted by molar-refractivity contribution is 0.690. The van der Waals surface area contributed by atoms with Crippen LogP contribution in [0.15, 0.2) is 122 Å². The van der Waals surface area contributed by atoms with Gasteiger partial charge < -0.3 is 10.6 Å². The van der Waals surface area contributed by atoms with Gasteiger partial charge in [-0.25, -0.2) is 0 Å². The third-order valence-electron chi connectivity index (χ3n) is 5.69. The van der Waals surface area contributed by atoms with Crippen molar-refractivity contribution < 1.29 is 0 Å². The van der Waals surface area contributed by atoms with E-state index in [0.717, 1.165) is 0 Å². The number of allylic oxidation sites excluding steroid dienone is 8. The zero-order valence-electron chi connectivity index (χ0n) is 18.4. The molecule has 1 aliphatic carbocycles. The van der Waals surface area contributed by atoms with Gasteiger partial charge in [0.2, 0.25) is 0 Å². The predicted molar refractivity (Wildman–Crippen MR) is 139 cm³/mol. The maximum Gasteiger partial charge on any atom is 0.000442 e. The van der Waals surface area contributed by atoms with Crippen molar-refractivity contribution in [1.29, 1.82) is 0 Å². The van der Waals surface area contributed by atoms with E-state index in [2.05, 4.69) is 59.2 Å². The molecule has 0 atom stereocenters. The minimum Gasteiger partial charge on any atom is -0.368 e. The van der Waals surface area contributed by atoms with Crippen LogP contribution in [0.5, 0.6) is 0 Å². The molecule has 0 saturated carbocycles. The fourth-order valence-corrected chi connectivity index (χ4v) is 4.15. The van der Waals surface area contributed by atoms with E-state index < -0.39 is 0 Å². The van der Waals surface area contributed by atoms with E-state index in [1.54, 1.807) is 11.1 Å². The minimum absolute atomic E-state index is 1.25. The van der Waals surface area contributed by atoms with E-state index in [4.69, 9.17) is 0 Å². The first-order chi connectivity index (χ1) is 15.9. The summed E-state index contributed by atoms with van der Waals surface area (Å²) in [5.41, 5.74) is 3.17. The number of hydrogen-bond donors (Lipinski definition) is 2. The molecule has 32 heavy (non-hydrogen) atoms. The maximum absolute atomic E-state index is 2.92. The van der Waals surface area contributed by atoms with E-state index in [1.807, 2.05) is 73.4 Å². The van der Waals surface area contributed by atoms with Crippen molar-refractivity contribution in [3.05, 3.63) is 133 Å². The SMILES string of the molecule is C1=CC=CNC=C1.C1=CC=CNC=C1.c1ccc2c(c1)ccc1c3c(ccc12)CCCC3. The standard InChI is InChI=1S/C18H16.2C6H7N/c1-3-7-15-13(5-1)9-11-18-16-8-4-2-6-14(16)10-12-17(15)18;2*1-2-4-6-7-5-3-1/h1,3,5,7,9-12H,2,4,6,8H2;2*1-7H. The average molecular weight is 419 g/mol. The lowest BCUT2D eigenvalue weighted by atomic mass is 9.86. The number of nitrogens with one attached hydrogen (secondary N) is 2. The second kappa shape index (κ2) is 11.6. The Kier molecular flexibility index (Phi) is 7.76.